The SMILES string of the molecule is Cc1cc(-c2ccc3ncncc3c2)c(N)c(Oc2ccc(Cl)cc2)c1N. The van der Waals surface area contributed by atoms with E-state index in [1.165, 1.54) is 6.33 Å². The van der Waals surface area contributed by atoms with Crippen molar-refractivity contribution in [2.45, 2.75) is 6.92 Å². The fourth-order valence-electron chi connectivity index (χ4n) is 2.94. The van der Waals surface area contributed by atoms with E-state index >= 15 is 0 Å². The molecule has 1 heterocycles. The van der Waals surface area contributed by atoms with E-state index in [9.17, 15) is 0 Å². The van der Waals surface area contributed by atoms with Crippen molar-refractivity contribution in [3.05, 3.63) is 71.6 Å². The summed E-state index contributed by atoms with van der Waals surface area (Å²) < 4.78 is 5.99. The molecule has 0 aliphatic heterocycles. The average Bonchev–Trinajstić information content (AvgIpc) is 2.69. The second-order valence-corrected chi connectivity index (χ2v) is 6.69. The molecule has 0 atom stereocenters. The molecule has 0 saturated heterocycles. The number of ether oxygens (including phenoxy) is 1. The van der Waals surface area contributed by atoms with Crippen LogP contribution >= 0.6 is 11.6 Å². The van der Waals surface area contributed by atoms with Gasteiger partial charge >= 0.3 is 0 Å². The van der Waals surface area contributed by atoms with Gasteiger partial charge < -0.3 is 16.2 Å². The predicted molar refractivity (Wildman–Crippen MR) is 110 cm³/mol. The maximum atomic E-state index is 6.44. The van der Waals surface area contributed by atoms with Gasteiger partial charge in [-0.2, -0.15) is 0 Å². The largest absolute Gasteiger partial charge is 0.453 e. The molecule has 0 spiro atoms. The standard InChI is InChI=1S/C21H17ClN4O/c1-12-8-17(13-2-7-18-14(9-13)10-25-11-26-18)20(24)21(19(12)23)27-16-5-3-15(22)4-6-16/h2-11H,23-24H2,1H3. The highest BCUT2D eigenvalue weighted by Crippen LogP contribution is 2.42. The van der Waals surface area contributed by atoms with Gasteiger partial charge in [0.05, 0.1) is 16.9 Å². The Kier molecular flexibility index (Phi) is 4.30. The van der Waals surface area contributed by atoms with E-state index < -0.39 is 0 Å². The van der Waals surface area contributed by atoms with Crippen molar-refractivity contribution in [1.29, 1.82) is 0 Å². The van der Waals surface area contributed by atoms with Gasteiger partial charge in [0.1, 0.15) is 12.1 Å². The molecule has 6 heteroatoms. The van der Waals surface area contributed by atoms with Gasteiger partial charge in [-0.3, -0.25) is 0 Å². The second kappa shape index (κ2) is 6.78. The summed E-state index contributed by atoms with van der Waals surface area (Å²) in [4.78, 5) is 8.34. The summed E-state index contributed by atoms with van der Waals surface area (Å²) >= 11 is 5.94. The first-order valence-electron chi connectivity index (χ1n) is 8.35. The van der Waals surface area contributed by atoms with E-state index in [-0.39, 0.29) is 0 Å². The zero-order chi connectivity index (χ0) is 19.0. The van der Waals surface area contributed by atoms with Crippen LogP contribution in [0.4, 0.5) is 11.4 Å². The third-order valence-corrected chi connectivity index (χ3v) is 4.67. The Labute approximate surface area is 161 Å². The lowest BCUT2D eigenvalue weighted by Crippen LogP contribution is -2.02. The Morgan fingerprint density at radius 3 is 2.52 bits per heavy atom. The smallest absolute Gasteiger partial charge is 0.174 e. The number of nitrogens with two attached hydrogens (primary N) is 2. The maximum Gasteiger partial charge on any atom is 0.174 e. The minimum atomic E-state index is 0.441. The third-order valence-electron chi connectivity index (χ3n) is 4.41. The summed E-state index contributed by atoms with van der Waals surface area (Å²) in [6.07, 6.45) is 3.30. The van der Waals surface area contributed by atoms with Crippen molar-refractivity contribution in [3.63, 3.8) is 0 Å². The fraction of sp³-hybridized carbons (Fsp3) is 0.0476. The van der Waals surface area contributed by atoms with Gasteiger partial charge in [-0.25, -0.2) is 9.97 Å². The number of hydrogen-bond acceptors (Lipinski definition) is 5. The lowest BCUT2D eigenvalue weighted by atomic mass is 9.98. The molecule has 4 N–H and O–H groups in total. The zero-order valence-electron chi connectivity index (χ0n) is 14.6. The van der Waals surface area contributed by atoms with E-state index in [2.05, 4.69) is 9.97 Å². The van der Waals surface area contributed by atoms with Crippen LogP contribution < -0.4 is 16.2 Å². The molecular weight excluding hydrogens is 360 g/mol. The predicted octanol–water partition coefficient (Wildman–Crippen LogP) is 5.22. The normalized spacial score (nSPS) is 10.9. The lowest BCUT2D eigenvalue weighted by molar-refractivity contribution is 0.487. The van der Waals surface area contributed by atoms with Crippen LogP contribution in [0.2, 0.25) is 5.02 Å². The number of benzene rings is 3. The molecule has 27 heavy (non-hydrogen) atoms. The van der Waals surface area contributed by atoms with Gasteiger partial charge in [0.2, 0.25) is 0 Å². The minimum absolute atomic E-state index is 0.441. The van der Waals surface area contributed by atoms with Gasteiger partial charge in [0.15, 0.2) is 5.75 Å². The van der Waals surface area contributed by atoms with Crippen LogP contribution in [0.15, 0.2) is 61.1 Å². The highest BCUT2D eigenvalue weighted by atomic mass is 35.5. The molecule has 4 aromatic rings. The summed E-state index contributed by atoms with van der Waals surface area (Å²) in [5, 5.41) is 1.57. The number of nitrogen functional groups attached to an aromatic ring is 2. The Morgan fingerprint density at radius 2 is 1.74 bits per heavy atom. The number of nitrogens with zero attached hydrogens (tertiary/aromatic N) is 2. The lowest BCUT2D eigenvalue weighted by Gasteiger charge is -2.17. The van der Waals surface area contributed by atoms with Crippen molar-refractivity contribution in [1.82, 2.24) is 9.97 Å². The summed E-state index contributed by atoms with van der Waals surface area (Å²) in [6.45, 7) is 1.93. The van der Waals surface area contributed by atoms with Gasteiger partial charge in [0.25, 0.3) is 0 Å². The summed E-state index contributed by atoms with van der Waals surface area (Å²) in [5.74, 6) is 1.05. The molecular formula is C21H17ClN4O. The Bertz CT molecular complexity index is 1140. The molecule has 4 rings (SSSR count). The zero-order valence-corrected chi connectivity index (χ0v) is 15.4. The van der Waals surface area contributed by atoms with Crippen LogP contribution in [-0.4, -0.2) is 9.97 Å². The van der Waals surface area contributed by atoms with Crippen LogP contribution in [0, 0.1) is 6.92 Å². The van der Waals surface area contributed by atoms with Gasteiger partial charge in [-0.1, -0.05) is 17.7 Å². The first-order chi connectivity index (χ1) is 13.0. The molecule has 0 saturated carbocycles. The first kappa shape index (κ1) is 17.1. The minimum Gasteiger partial charge on any atom is -0.453 e. The Balaban J connectivity index is 1.83. The maximum absolute atomic E-state index is 6.44. The molecule has 0 fully saturated rings. The fourth-order valence-corrected chi connectivity index (χ4v) is 3.07. The van der Waals surface area contributed by atoms with Crippen molar-refractivity contribution >= 4 is 33.9 Å². The highest BCUT2D eigenvalue weighted by Gasteiger charge is 2.16. The molecule has 0 aliphatic carbocycles. The van der Waals surface area contributed by atoms with E-state index in [1.54, 1.807) is 30.5 Å². The number of fused-ring (bicyclic) bond motifs is 1. The second-order valence-electron chi connectivity index (χ2n) is 6.25. The van der Waals surface area contributed by atoms with Crippen LogP contribution in [0.3, 0.4) is 0 Å². The topological polar surface area (TPSA) is 87.0 Å². The number of hydrogen-bond donors (Lipinski definition) is 2. The van der Waals surface area contributed by atoms with Crippen LogP contribution in [-0.2, 0) is 0 Å². The molecule has 3 aromatic carbocycles. The first-order valence-corrected chi connectivity index (χ1v) is 8.73. The quantitative estimate of drug-likeness (QED) is 0.479. The van der Waals surface area contributed by atoms with E-state index in [4.69, 9.17) is 27.8 Å². The molecule has 0 unspecified atom stereocenters. The van der Waals surface area contributed by atoms with Crippen molar-refractivity contribution in [2.75, 3.05) is 11.5 Å². The molecule has 0 radical (unpaired) electrons. The van der Waals surface area contributed by atoms with Gasteiger partial charge in [-0.15, -0.1) is 0 Å². The monoisotopic (exact) mass is 376 g/mol. The van der Waals surface area contributed by atoms with Gasteiger partial charge in [0, 0.05) is 22.2 Å². The number of rotatable bonds is 3. The molecule has 1 aromatic heterocycles. The Morgan fingerprint density at radius 1 is 0.963 bits per heavy atom. The van der Waals surface area contributed by atoms with Gasteiger partial charge in [-0.05, 0) is 60.5 Å². The molecule has 0 amide bonds. The van der Waals surface area contributed by atoms with Crippen LogP contribution in [0.25, 0.3) is 22.0 Å². The Hall–Kier alpha value is -3.31. The molecule has 5 nitrogen and oxygen atoms in total. The summed E-state index contributed by atoms with van der Waals surface area (Å²) in [5.41, 5.74) is 17.2. The van der Waals surface area contributed by atoms with Crippen LogP contribution in [0.5, 0.6) is 11.5 Å². The summed E-state index contributed by atoms with van der Waals surface area (Å²) in [7, 11) is 0. The van der Waals surface area contributed by atoms with Crippen molar-refractivity contribution in [2.24, 2.45) is 0 Å². The van der Waals surface area contributed by atoms with Crippen molar-refractivity contribution in [3.8, 4) is 22.6 Å². The number of halogens is 1. The van der Waals surface area contributed by atoms with E-state index in [0.29, 0.717) is 27.9 Å². The van der Waals surface area contributed by atoms with E-state index in [0.717, 1.165) is 27.6 Å². The number of aryl methyl sites for hydroxylation is 1. The van der Waals surface area contributed by atoms with Crippen molar-refractivity contribution < 1.29 is 4.74 Å². The average molecular weight is 377 g/mol. The third kappa shape index (κ3) is 3.25. The highest BCUT2D eigenvalue weighted by molar-refractivity contribution is 6.30. The number of anilines is 2. The number of aromatic nitrogens is 2. The summed E-state index contributed by atoms with van der Waals surface area (Å²) in [6, 6.07) is 14.9. The molecule has 0 bridgehead atoms. The molecule has 0 aliphatic rings. The van der Waals surface area contributed by atoms with E-state index in [1.807, 2.05) is 31.2 Å². The molecule has 134 valence electrons. The van der Waals surface area contributed by atoms with Crippen LogP contribution in [0.1, 0.15) is 5.56 Å².